The predicted octanol–water partition coefficient (Wildman–Crippen LogP) is 3.45. The Morgan fingerprint density at radius 2 is 1.69 bits per heavy atom. The van der Waals surface area contributed by atoms with Crippen molar-refractivity contribution < 1.29 is 19.1 Å². The van der Waals surface area contributed by atoms with Gasteiger partial charge >= 0.3 is 4.87 Å². The number of thiazole rings is 1. The Kier molecular flexibility index (Phi) is 5.85. The molecule has 15 heteroatoms. The van der Waals surface area contributed by atoms with Gasteiger partial charge in [-0.05, 0) is 65.1 Å². The number of methoxy groups -OCH3 is 2. The molecule has 2 N–H and O–H groups in total. The smallest absolute Gasteiger partial charge is 0.305 e. The number of H-pyrrole nitrogens is 1. The predicted molar refractivity (Wildman–Crippen MR) is 143 cm³/mol. The quantitative estimate of drug-likeness (QED) is 0.415. The lowest BCUT2D eigenvalue weighted by Crippen LogP contribution is -2.42. The van der Waals surface area contributed by atoms with E-state index in [-0.39, 0.29) is 62.1 Å². The van der Waals surface area contributed by atoms with E-state index in [1.807, 2.05) is 18.2 Å². The van der Waals surface area contributed by atoms with Gasteiger partial charge < -0.3 is 14.5 Å². The summed E-state index contributed by atoms with van der Waals surface area (Å²) >= 11 is 14.6. The van der Waals surface area contributed by atoms with Gasteiger partial charge in [-0.3, -0.25) is 19.8 Å². The normalized spacial score (nSPS) is 30.3. The molecule has 3 fully saturated rings. The van der Waals surface area contributed by atoms with Gasteiger partial charge in [-0.2, -0.15) is 20.0 Å². The molecule has 202 valence electrons. The number of aromatic amines is 1. The Morgan fingerprint density at radius 1 is 1.00 bits per heavy atom. The minimum Gasteiger partial charge on any atom is -0.493 e. The number of halogens is 2. The molecular weight excluding hydrogens is 587 g/mol. The Labute approximate surface area is 239 Å². The number of carbonyl (C=O) groups is 2. The van der Waals surface area contributed by atoms with E-state index in [0.29, 0.717) is 11.5 Å². The summed E-state index contributed by atoms with van der Waals surface area (Å²) in [4.78, 5) is 55.2. The number of amides is 2. The molecule has 0 spiro atoms. The molecule has 2 aliphatic carbocycles. The number of thioether (sulfide) groups is 1. The van der Waals surface area contributed by atoms with Crippen LogP contribution in [-0.4, -0.2) is 56.2 Å². The molecule has 4 aliphatic rings. The number of benzene rings is 1. The molecule has 7 atom stereocenters. The van der Waals surface area contributed by atoms with Crippen molar-refractivity contribution in [3.05, 3.63) is 48.9 Å². The van der Waals surface area contributed by atoms with Gasteiger partial charge in [0.05, 0.1) is 31.1 Å². The number of hydrogen-bond donors (Lipinski definition) is 2. The largest absolute Gasteiger partial charge is 0.493 e. The standard InChI is InChI=1S/C24H20Cl2N6O5S2/c1-36-10-4-3-7(5-11(10)37-2)12-13-8-6-9(16(13)38-18-17(12)39-24(35)27-18)15-14(8)19(33)32(20(15)34)31-23-29-21(25)28-22(26)30-23/h3-5,8-9,12-16H,6H2,1-2H3,(H,27,35)(H,28,29,30,31)/t8-,9-,12?,13?,14?,15?,16?/m1/s1. The second-order valence-electron chi connectivity index (χ2n) is 9.90. The molecule has 5 unspecified atom stereocenters. The summed E-state index contributed by atoms with van der Waals surface area (Å²) in [7, 11) is 3.17. The molecule has 39 heavy (non-hydrogen) atoms. The average Bonchev–Trinajstić information content (AvgIpc) is 3.63. The lowest BCUT2D eigenvalue weighted by Gasteiger charge is -2.43. The Hall–Kier alpha value is -2.87. The number of carbonyl (C=O) groups excluding carboxylic acids is 2. The van der Waals surface area contributed by atoms with E-state index in [4.69, 9.17) is 32.7 Å². The first-order valence-corrected chi connectivity index (χ1v) is 14.6. The molecule has 4 heterocycles. The van der Waals surface area contributed by atoms with E-state index in [2.05, 4.69) is 25.4 Å². The van der Waals surface area contributed by atoms with Gasteiger partial charge in [-0.1, -0.05) is 17.4 Å². The first-order chi connectivity index (χ1) is 18.8. The number of hydrazine groups is 1. The van der Waals surface area contributed by atoms with Crippen LogP contribution < -0.4 is 19.8 Å². The highest BCUT2D eigenvalue weighted by molar-refractivity contribution is 8.00. The van der Waals surface area contributed by atoms with Crippen molar-refractivity contribution in [2.75, 3.05) is 19.6 Å². The lowest BCUT2D eigenvalue weighted by atomic mass is 9.68. The third-order valence-electron chi connectivity index (χ3n) is 8.28. The summed E-state index contributed by atoms with van der Waals surface area (Å²) in [6, 6.07) is 5.79. The van der Waals surface area contributed by atoms with Crippen molar-refractivity contribution in [1.82, 2.24) is 24.9 Å². The van der Waals surface area contributed by atoms with Gasteiger partial charge in [0.25, 0.3) is 11.8 Å². The van der Waals surface area contributed by atoms with Crippen LogP contribution in [0.25, 0.3) is 0 Å². The van der Waals surface area contributed by atoms with Gasteiger partial charge in [-0.15, -0.1) is 11.8 Å². The molecule has 2 aliphatic heterocycles. The molecular formula is C24H20Cl2N6O5S2. The number of nitrogens with one attached hydrogen (secondary N) is 2. The van der Waals surface area contributed by atoms with Crippen LogP contribution in [0.3, 0.4) is 0 Å². The number of imide groups is 1. The lowest BCUT2D eigenvalue weighted by molar-refractivity contribution is -0.139. The maximum absolute atomic E-state index is 13.7. The van der Waals surface area contributed by atoms with Crippen LogP contribution in [0.1, 0.15) is 22.8 Å². The highest BCUT2D eigenvalue weighted by Gasteiger charge is 2.70. The van der Waals surface area contributed by atoms with Crippen molar-refractivity contribution in [3.63, 3.8) is 0 Å². The fourth-order valence-corrected chi connectivity index (χ4v) is 10.3. The minimum absolute atomic E-state index is 0.0380. The maximum atomic E-state index is 13.7. The van der Waals surface area contributed by atoms with Crippen LogP contribution in [0.5, 0.6) is 11.5 Å². The van der Waals surface area contributed by atoms with E-state index in [1.165, 1.54) is 11.3 Å². The van der Waals surface area contributed by atoms with Crippen molar-refractivity contribution in [2.45, 2.75) is 22.6 Å². The van der Waals surface area contributed by atoms with E-state index in [9.17, 15) is 14.4 Å². The van der Waals surface area contributed by atoms with E-state index >= 15 is 0 Å². The van der Waals surface area contributed by atoms with Gasteiger partial charge in [0.1, 0.15) is 0 Å². The van der Waals surface area contributed by atoms with Crippen LogP contribution in [0.15, 0.2) is 28.0 Å². The first kappa shape index (κ1) is 25.1. The second-order valence-corrected chi connectivity index (χ2v) is 12.8. The van der Waals surface area contributed by atoms with E-state index in [0.717, 1.165) is 26.9 Å². The molecule has 1 aromatic carbocycles. The SMILES string of the molecule is COc1ccc(C2c3sc(=O)[nH]c3SC3C2[C@H]2C[C@@H]3C3C(=O)N(Nc4nc(Cl)nc(Cl)n4)C(=O)C32)cc1OC. The van der Waals surface area contributed by atoms with E-state index in [1.54, 1.807) is 26.0 Å². The van der Waals surface area contributed by atoms with Crippen molar-refractivity contribution in [3.8, 4) is 11.5 Å². The average molecular weight is 608 g/mol. The zero-order valence-corrected chi connectivity index (χ0v) is 23.5. The molecule has 2 bridgehead atoms. The van der Waals surface area contributed by atoms with Crippen molar-refractivity contribution in [2.24, 2.45) is 29.6 Å². The zero-order chi connectivity index (χ0) is 27.2. The minimum atomic E-state index is -0.496. The molecule has 2 amide bonds. The summed E-state index contributed by atoms with van der Waals surface area (Å²) in [5.41, 5.74) is 3.69. The van der Waals surface area contributed by atoms with Gasteiger partial charge in [0.15, 0.2) is 11.5 Å². The van der Waals surface area contributed by atoms with Gasteiger partial charge in [-0.25, -0.2) is 0 Å². The number of fused-ring (bicyclic) bond motifs is 9. The van der Waals surface area contributed by atoms with Crippen LogP contribution >= 0.6 is 46.3 Å². The number of hydrogen-bond acceptors (Lipinski definition) is 11. The van der Waals surface area contributed by atoms with Crippen LogP contribution in [0.2, 0.25) is 10.6 Å². The number of nitrogens with zero attached hydrogens (tertiary/aromatic N) is 4. The molecule has 7 rings (SSSR count). The van der Waals surface area contributed by atoms with Crippen molar-refractivity contribution >= 4 is 64.1 Å². The molecule has 1 saturated heterocycles. The van der Waals surface area contributed by atoms with Crippen LogP contribution in [0, 0.1) is 29.6 Å². The molecule has 2 saturated carbocycles. The Balaban J connectivity index is 1.28. The Morgan fingerprint density at radius 3 is 2.38 bits per heavy atom. The van der Waals surface area contributed by atoms with Gasteiger partial charge in [0, 0.05) is 16.0 Å². The topological polar surface area (TPSA) is 139 Å². The monoisotopic (exact) mass is 606 g/mol. The number of rotatable bonds is 5. The fraction of sp³-hybridized carbons (Fsp3) is 0.417. The summed E-state index contributed by atoms with van der Waals surface area (Å²) in [6.07, 6.45) is 0.759. The van der Waals surface area contributed by atoms with E-state index < -0.39 is 11.8 Å². The number of aromatic nitrogens is 4. The summed E-state index contributed by atoms with van der Waals surface area (Å²) < 4.78 is 11.0. The zero-order valence-electron chi connectivity index (χ0n) is 20.4. The third kappa shape index (κ3) is 3.70. The second kappa shape index (κ2) is 9.08. The van der Waals surface area contributed by atoms with Crippen LogP contribution in [0.4, 0.5) is 5.95 Å². The van der Waals surface area contributed by atoms with Crippen molar-refractivity contribution in [1.29, 1.82) is 0 Å². The first-order valence-electron chi connectivity index (χ1n) is 12.1. The maximum Gasteiger partial charge on any atom is 0.305 e. The Bertz CT molecular complexity index is 1580. The van der Waals surface area contributed by atoms with Gasteiger partial charge in [0.2, 0.25) is 16.5 Å². The summed E-state index contributed by atoms with van der Waals surface area (Å²) in [5.74, 6) is -0.708. The van der Waals surface area contributed by atoms with Crippen LogP contribution in [-0.2, 0) is 9.59 Å². The molecule has 11 nitrogen and oxygen atoms in total. The third-order valence-corrected chi connectivity index (χ3v) is 11.2. The molecule has 3 aromatic rings. The molecule has 2 aromatic heterocycles. The summed E-state index contributed by atoms with van der Waals surface area (Å²) in [6.45, 7) is 0. The fourth-order valence-electron chi connectivity index (χ4n) is 7.02. The summed E-state index contributed by atoms with van der Waals surface area (Å²) in [5, 5.41) is 1.57. The molecule has 0 radical (unpaired) electrons. The highest BCUT2D eigenvalue weighted by Crippen LogP contribution is 2.68. The number of anilines is 1. The highest BCUT2D eigenvalue weighted by atomic mass is 35.5. The number of ether oxygens (including phenoxy) is 2.